The number of fused-ring (bicyclic) bond motifs is 5. The summed E-state index contributed by atoms with van der Waals surface area (Å²) >= 11 is 6.75. The Morgan fingerprint density at radius 1 is 1.07 bits per heavy atom. The Morgan fingerprint density at radius 3 is 2.39 bits per heavy atom. The van der Waals surface area contributed by atoms with E-state index in [1.165, 1.54) is 6.92 Å². The van der Waals surface area contributed by atoms with E-state index in [1.54, 1.807) is 6.92 Å². The molecular weight excluding hydrogens is 376 g/mol. The summed E-state index contributed by atoms with van der Waals surface area (Å²) in [6.45, 7) is 7.40. The van der Waals surface area contributed by atoms with Crippen LogP contribution in [0.2, 0.25) is 0 Å². The lowest BCUT2D eigenvalue weighted by atomic mass is 9.48. The lowest BCUT2D eigenvalue weighted by molar-refractivity contribution is -0.185. The van der Waals surface area contributed by atoms with Crippen molar-refractivity contribution in [1.82, 2.24) is 0 Å². The fourth-order valence-corrected chi connectivity index (χ4v) is 7.70. The molecule has 0 radical (unpaired) electrons. The Morgan fingerprint density at radius 2 is 1.75 bits per heavy atom. The SMILES string of the molecule is CC(=O)O[C@]1(C(C)=O)CC[C@H]2[C@@H]3C=C(Cl)C4=C[C@H](O)CC[C@]4(C)[C@H]3CC[C@@]21C. The number of esters is 1. The Balaban J connectivity index is 1.78. The molecule has 0 heterocycles. The first-order chi connectivity index (χ1) is 13.0. The van der Waals surface area contributed by atoms with Gasteiger partial charge in [0.1, 0.15) is 0 Å². The molecule has 154 valence electrons. The van der Waals surface area contributed by atoms with Crippen LogP contribution in [0.5, 0.6) is 0 Å². The van der Waals surface area contributed by atoms with Crippen molar-refractivity contribution in [3.05, 3.63) is 22.8 Å². The third kappa shape index (κ3) is 2.53. The van der Waals surface area contributed by atoms with Crippen LogP contribution in [0.25, 0.3) is 0 Å². The summed E-state index contributed by atoms with van der Waals surface area (Å²) in [5.74, 6) is 0.542. The zero-order chi connectivity index (χ0) is 20.5. The lowest BCUT2D eigenvalue weighted by Crippen LogP contribution is -2.58. The molecule has 0 saturated heterocycles. The van der Waals surface area contributed by atoms with Crippen molar-refractivity contribution in [2.45, 2.75) is 77.9 Å². The van der Waals surface area contributed by atoms with Crippen LogP contribution in [0.4, 0.5) is 0 Å². The van der Waals surface area contributed by atoms with E-state index in [1.807, 2.05) is 6.08 Å². The number of Topliss-reactive ketones (excluding diaryl/α,β-unsaturated/α-hetero) is 1. The molecule has 0 aromatic heterocycles. The predicted molar refractivity (Wildman–Crippen MR) is 108 cm³/mol. The van der Waals surface area contributed by atoms with Crippen LogP contribution in [0.3, 0.4) is 0 Å². The van der Waals surface area contributed by atoms with E-state index in [-0.39, 0.29) is 34.4 Å². The lowest BCUT2D eigenvalue weighted by Gasteiger charge is -2.58. The van der Waals surface area contributed by atoms with Crippen LogP contribution in [0, 0.1) is 28.6 Å². The number of aliphatic hydroxyl groups is 1. The van der Waals surface area contributed by atoms with Crippen molar-refractivity contribution in [1.29, 1.82) is 0 Å². The van der Waals surface area contributed by atoms with Crippen molar-refractivity contribution in [3.8, 4) is 0 Å². The maximum atomic E-state index is 12.8. The minimum Gasteiger partial charge on any atom is -0.451 e. The second-order valence-corrected chi connectivity index (χ2v) is 10.3. The predicted octanol–water partition coefficient (Wildman–Crippen LogP) is 4.54. The molecule has 0 unspecified atom stereocenters. The number of carbonyl (C=O) groups excluding carboxylic acids is 2. The molecule has 4 aliphatic rings. The molecule has 5 heteroatoms. The number of hydrogen-bond donors (Lipinski definition) is 1. The van der Waals surface area contributed by atoms with E-state index in [2.05, 4.69) is 19.9 Å². The summed E-state index contributed by atoms with van der Waals surface area (Å²) < 4.78 is 5.80. The van der Waals surface area contributed by atoms with E-state index in [0.29, 0.717) is 12.3 Å². The summed E-state index contributed by atoms with van der Waals surface area (Å²) in [4.78, 5) is 24.7. The largest absolute Gasteiger partial charge is 0.451 e. The highest BCUT2D eigenvalue weighted by Crippen LogP contribution is 2.68. The molecular formula is C23H31ClO4. The molecule has 0 aromatic rings. The molecule has 2 saturated carbocycles. The third-order valence-electron chi connectivity index (χ3n) is 8.69. The number of aliphatic hydroxyl groups excluding tert-OH is 1. The van der Waals surface area contributed by atoms with E-state index in [9.17, 15) is 14.7 Å². The number of ether oxygens (including phenoxy) is 1. The van der Waals surface area contributed by atoms with Gasteiger partial charge in [0.05, 0.1) is 6.10 Å². The number of ketones is 1. The minimum atomic E-state index is -1.02. The standard InChI is InChI=1S/C23H31ClO4/c1-13(25)23(28-14(2)26)10-7-18-16-12-20(24)19-11-15(27)5-8-21(19,3)17(16)6-9-22(18,23)4/h11-12,15-18,27H,5-10H2,1-4H3/t15-,16-,17+,18+,21-,22+,23+/m1/s1. The average Bonchev–Trinajstić information content (AvgIpc) is 2.90. The Labute approximate surface area is 172 Å². The van der Waals surface area contributed by atoms with E-state index in [4.69, 9.17) is 16.3 Å². The second kappa shape index (κ2) is 6.43. The van der Waals surface area contributed by atoms with Gasteiger partial charge >= 0.3 is 5.97 Å². The van der Waals surface area contributed by atoms with Gasteiger partial charge in [0.2, 0.25) is 0 Å². The molecule has 2 fully saturated rings. The maximum absolute atomic E-state index is 12.8. The molecule has 0 amide bonds. The Bertz CT molecular complexity index is 785. The highest BCUT2D eigenvalue weighted by atomic mass is 35.5. The molecule has 1 N–H and O–H groups in total. The highest BCUT2D eigenvalue weighted by Gasteiger charge is 2.67. The number of rotatable bonds is 2. The summed E-state index contributed by atoms with van der Waals surface area (Å²) in [7, 11) is 0. The van der Waals surface area contributed by atoms with Crippen LogP contribution >= 0.6 is 11.6 Å². The number of hydrogen-bond acceptors (Lipinski definition) is 4. The first-order valence-electron chi connectivity index (χ1n) is 10.5. The monoisotopic (exact) mass is 406 g/mol. The second-order valence-electron chi connectivity index (χ2n) is 9.88. The van der Waals surface area contributed by atoms with Crippen LogP contribution < -0.4 is 0 Å². The fourth-order valence-electron chi connectivity index (χ4n) is 7.28. The topological polar surface area (TPSA) is 63.6 Å². The normalized spacial score (nSPS) is 47.2. The number of carbonyl (C=O) groups is 2. The molecule has 4 nitrogen and oxygen atoms in total. The van der Waals surface area contributed by atoms with Crippen LogP contribution in [-0.4, -0.2) is 28.6 Å². The summed E-state index contributed by atoms with van der Waals surface area (Å²) in [5.41, 5.74) is -0.340. The third-order valence-corrected chi connectivity index (χ3v) is 9.02. The van der Waals surface area contributed by atoms with E-state index >= 15 is 0 Å². The van der Waals surface area contributed by atoms with Gasteiger partial charge in [0.25, 0.3) is 0 Å². The van der Waals surface area contributed by atoms with E-state index in [0.717, 1.165) is 42.7 Å². The number of allylic oxidation sites excluding steroid dienone is 3. The van der Waals surface area contributed by atoms with Gasteiger partial charge in [-0.3, -0.25) is 9.59 Å². The van der Waals surface area contributed by atoms with Gasteiger partial charge in [-0.25, -0.2) is 0 Å². The average molecular weight is 407 g/mol. The van der Waals surface area contributed by atoms with Gasteiger partial charge < -0.3 is 9.84 Å². The first kappa shape index (κ1) is 20.2. The molecule has 4 rings (SSSR count). The van der Waals surface area contributed by atoms with Crippen molar-refractivity contribution >= 4 is 23.4 Å². The van der Waals surface area contributed by atoms with Crippen molar-refractivity contribution in [3.63, 3.8) is 0 Å². The van der Waals surface area contributed by atoms with Gasteiger partial charge in [-0.05, 0) is 74.2 Å². The molecule has 0 bridgehead atoms. The zero-order valence-corrected chi connectivity index (χ0v) is 18.0. The van der Waals surface area contributed by atoms with Crippen molar-refractivity contribution in [2.24, 2.45) is 28.6 Å². The Hall–Kier alpha value is -1.13. The Kier molecular flexibility index (Phi) is 4.63. The smallest absolute Gasteiger partial charge is 0.303 e. The van der Waals surface area contributed by atoms with Crippen molar-refractivity contribution in [2.75, 3.05) is 0 Å². The number of halogens is 1. The van der Waals surface area contributed by atoms with Crippen LogP contribution in [0.15, 0.2) is 22.8 Å². The van der Waals surface area contributed by atoms with Crippen LogP contribution in [0.1, 0.15) is 66.2 Å². The molecule has 4 aliphatic carbocycles. The highest BCUT2D eigenvalue weighted by molar-refractivity contribution is 6.32. The first-order valence-corrected chi connectivity index (χ1v) is 10.9. The van der Waals surface area contributed by atoms with Crippen LogP contribution in [-0.2, 0) is 14.3 Å². The van der Waals surface area contributed by atoms with Gasteiger partial charge in [0.15, 0.2) is 11.4 Å². The maximum Gasteiger partial charge on any atom is 0.303 e. The summed E-state index contributed by atoms with van der Waals surface area (Å²) in [5, 5.41) is 10.9. The molecule has 28 heavy (non-hydrogen) atoms. The van der Waals surface area contributed by atoms with Gasteiger partial charge in [-0.1, -0.05) is 37.6 Å². The molecule has 0 spiro atoms. The summed E-state index contributed by atoms with van der Waals surface area (Å²) in [6, 6.07) is 0. The minimum absolute atomic E-state index is 0.0374. The van der Waals surface area contributed by atoms with E-state index < -0.39 is 11.7 Å². The molecule has 0 aromatic carbocycles. The molecule has 0 aliphatic heterocycles. The summed E-state index contributed by atoms with van der Waals surface area (Å²) in [6.07, 6.45) is 8.68. The quantitative estimate of drug-likeness (QED) is 0.683. The zero-order valence-electron chi connectivity index (χ0n) is 17.3. The molecule has 7 atom stereocenters. The van der Waals surface area contributed by atoms with Gasteiger partial charge in [-0.2, -0.15) is 0 Å². The van der Waals surface area contributed by atoms with Gasteiger partial charge in [-0.15, -0.1) is 0 Å². The van der Waals surface area contributed by atoms with Crippen molar-refractivity contribution < 1.29 is 19.4 Å². The van der Waals surface area contributed by atoms with Gasteiger partial charge in [0, 0.05) is 17.4 Å². The fraction of sp³-hybridized carbons (Fsp3) is 0.739.